The molecule has 0 saturated carbocycles. The molecule has 1 rings (SSSR count). The zero-order valence-corrected chi connectivity index (χ0v) is 13.6. The molecule has 1 aromatic rings. The van der Waals surface area contributed by atoms with E-state index in [0.717, 1.165) is 0 Å². The SMILES string of the molecule is CCOP(=O)(OCC)C(C)(C)/[N+]([O-])=C/c1cc[n+]([O-])cc1. The van der Waals surface area contributed by atoms with Crippen molar-refractivity contribution in [2.45, 2.75) is 33.0 Å². The van der Waals surface area contributed by atoms with Crippen LogP contribution in [0.5, 0.6) is 0 Å². The van der Waals surface area contributed by atoms with Gasteiger partial charge in [-0.3, -0.25) is 4.57 Å². The van der Waals surface area contributed by atoms with Crippen molar-refractivity contribution in [3.05, 3.63) is 40.5 Å². The van der Waals surface area contributed by atoms with E-state index in [1.807, 2.05) is 0 Å². The lowest BCUT2D eigenvalue weighted by Gasteiger charge is -2.30. The van der Waals surface area contributed by atoms with E-state index >= 15 is 0 Å². The molecule has 0 aromatic carbocycles. The van der Waals surface area contributed by atoms with Crippen molar-refractivity contribution in [2.24, 2.45) is 0 Å². The highest BCUT2D eigenvalue weighted by Crippen LogP contribution is 2.59. The monoisotopic (exact) mass is 316 g/mol. The Morgan fingerprint density at radius 3 is 2.19 bits per heavy atom. The molecule has 0 fully saturated rings. The molecule has 0 aliphatic heterocycles. The van der Waals surface area contributed by atoms with Gasteiger partial charge in [-0.25, -0.2) is 0 Å². The van der Waals surface area contributed by atoms with Crippen molar-refractivity contribution >= 4 is 13.8 Å². The minimum atomic E-state index is -3.61. The molecule has 1 heterocycles. The molecule has 0 bridgehead atoms. The van der Waals surface area contributed by atoms with Gasteiger partial charge in [-0.05, 0) is 13.8 Å². The number of hydrogen-bond acceptors (Lipinski definition) is 5. The second-order valence-corrected chi connectivity index (χ2v) is 7.38. The molecule has 8 heteroatoms. The fourth-order valence-electron chi connectivity index (χ4n) is 1.62. The van der Waals surface area contributed by atoms with Gasteiger partial charge in [-0.2, -0.15) is 9.47 Å². The van der Waals surface area contributed by atoms with E-state index in [1.165, 1.54) is 44.6 Å². The molecule has 0 radical (unpaired) electrons. The predicted molar refractivity (Wildman–Crippen MR) is 79.1 cm³/mol. The summed E-state index contributed by atoms with van der Waals surface area (Å²) in [6.07, 6.45) is 3.80. The van der Waals surface area contributed by atoms with Gasteiger partial charge in [0.15, 0.2) is 18.6 Å². The van der Waals surface area contributed by atoms with Gasteiger partial charge < -0.3 is 19.5 Å². The van der Waals surface area contributed by atoms with Crippen LogP contribution >= 0.6 is 7.60 Å². The van der Waals surface area contributed by atoms with E-state index in [0.29, 0.717) is 15.0 Å². The number of rotatable bonds is 7. The first-order valence-electron chi connectivity index (χ1n) is 6.66. The molecule has 7 nitrogen and oxygen atoms in total. The molecule has 0 aliphatic carbocycles. The largest absolute Gasteiger partial charge is 0.623 e. The molecular formula is C13H21N2O5P. The Morgan fingerprint density at radius 2 is 1.76 bits per heavy atom. The molecular weight excluding hydrogens is 295 g/mol. The molecule has 0 unspecified atom stereocenters. The topological polar surface area (TPSA) is 88.5 Å². The van der Waals surface area contributed by atoms with Crippen molar-refractivity contribution in [3.63, 3.8) is 0 Å². The van der Waals surface area contributed by atoms with Crippen LogP contribution in [-0.2, 0) is 13.6 Å². The predicted octanol–water partition coefficient (Wildman–Crippen LogP) is 2.25. The Kier molecular flexibility index (Phi) is 5.89. The summed E-state index contributed by atoms with van der Waals surface area (Å²) in [7, 11) is -3.61. The summed E-state index contributed by atoms with van der Waals surface area (Å²) in [5.74, 6) is 0. The summed E-state index contributed by atoms with van der Waals surface area (Å²) in [5.41, 5.74) is 0.518. The first-order chi connectivity index (χ1) is 9.76. The average molecular weight is 316 g/mol. The highest BCUT2D eigenvalue weighted by atomic mass is 31.2. The van der Waals surface area contributed by atoms with Gasteiger partial charge in [0.25, 0.3) is 5.28 Å². The van der Waals surface area contributed by atoms with Crippen molar-refractivity contribution < 1.29 is 23.1 Å². The number of hydroxylamine groups is 1. The second kappa shape index (κ2) is 7.02. The summed E-state index contributed by atoms with van der Waals surface area (Å²) in [6.45, 7) is 6.72. The first kappa shape index (κ1) is 17.6. The third-order valence-electron chi connectivity index (χ3n) is 2.90. The number of aromatic nitrogens is 1. The molecule has 0 aliphatic rings. The fourth-order valence-corrected chi connectivity index (χ4v) is 3.30. The van der Waals surface area contributed by atoms with Crippen LogP contribution in [0.4, 0.5) is 0 Å². The zero-order valence-electron chi connectivity index (χ0n) is 12.7. The smallest absolute Gasteiger partial charge is 0.401 e. The van der Waals surface area contributed by atoms with Crippen LogP contribution < -0.4 is 4.73 Å². The van der Waals surface area contributed by atoms with Crippen LogP contribution in [0.15, 0.2) is 24.5 Å². The highest BCUT2D eigenvalue weighted by molar-refractivity contribution is 7.55. The maximum absolute atomic E-state index is 12.8. The Bertz CT molecular complexity index is 532. The van der Waals surface area contributed by atoms with Gasteiger partial charge in [0.05, 0.1) is 18.8 Å². The van der Waals surface area contributed by atoms with Crippen LogP contribution in [0.1, 0.15) is 33.3 Å². The van der Waals surface area contributed by atoms with Gasteiger partial charge in [0.1, 0.15) is 0 Å². The summed E-state index contributed by atoms with van der Waals surface area (Å²) in [4.78, 5) is 0. The molecule has 0 amide bonds. The van der Waals surface area contributed by atoms with Gasteiger partial charge in [-0.15, -0.1) is 0 Å². The molecule has 118 valence electrons. The summed E-state index contributed by atoms with van der Waals surface area (Å²) >= 11 is 0. The Hall–Kier alpha value is -1.43. The molecule has 0 spiro atoms. The number of hydrogen-bond donors (Lipinski definition) is 0. The van der Waals surface area contributed by atoms with Crippen molar-refractivity contribution in [2.75, 3.05) is 13.2 Å². The minimum Gasteiger partial charge on any atom is -0.623 e. The van der Waals surface area contributed by atoms with Crippen LogP contribution in [-0.4, -0.2) is 29.4 Å². The van der Waals surface area contributed by atoms with E-state index in [-0.39, 0.29) is 13.2 Å². The Balaban J connectivity index is 3.14. The van der Waals surface area contributed by atoms with E-state index < -0.39 is 12.9 Å². The van der Waals surface area contributed by atoms with Crippen molar-refractivity contribution in [1.82, 2.24) is 0 Å². The number of pyridine rings is 1. The average Bonchev–Trinajstić information content (AvgIpc) is 2.41. The van der Waals surface area contributed by atoms with Crippen molar-refractivity contribution in [1.29, 1.82) is 0 Å². The third kappa shape index (κ3) is 4.03. The molecule has 1 aromatic heterocycles. The molecule has 0 atom stereocenters. The maximum Gasteiger partial charge on any atom is 0.401 e. The van der Waals surface area contributed by atoms with Gasteiger partial charge in [0.2, 0.25) is 0 Å². The van der Waals surface area contributed by atoms with Crippen LogP contribution in [0.2, 0.25) is 0 Å². The molecule has 0 saturated heterocycles. The van der Waals surface area contributed by atoms with E-state index in [4.69, 9.17) is 9.05 Å². The van der Waals surface area contributed by atoms with Crippen LogP contribution in [0.25, 0.3) is 0 Å². The second-order valence-electron chi connectivity index (χ2n) is 4.77. The fraction of sp³-hybridized carbons (Fsp3) is 0.538. The lowest BCUT2D eigenvalue weighted by molar-refractivity contribution is -0.605. The number of nitrogens with zero attached hydrogens (tertiary/aromatic N) is 2. The minimum absolute atomic E-state index is 0.177. The maximum atomic E-state index is 12.8. The Labute approximate surface area is 124 Å². The van der Waals surface area contributed by atoms with Gasteiger partial charge in [-0.1, -0.05) is 0 Å². The zero-order chi connectivity index (χ0) is 16.1. The van der Waals surface area contributed by atoms with Crippen LogP contribution in [0, 0.1) is 10.4 Å². The standard InChI is InChI=1S/C13H21N2O5P/c1-5-19-21(18,20-6-2)13(3,4)15(17)11-12-7-9-14(16)10-8-12/h7-11H,5-6H2,1-4H3/b15-11-. The van der Waals surface area contributed by atoms with Crippen LogP contribution in [0.3, 0.4) is 0 Å². The molecule has 0 N–H and O–H groups in total. The lowest BCUT2D eigenvalue weighted by Crippen LogP contribution is -2.35. The quantitative estimate of drug-likeness (QED) is 0.253. The third-order valence-corrected chi connectivity index (χ3v) is 5.64. The summed E-state index contributed by atoms with van der Waals surface area (Å²) in [5, 5.41) is 21.9. The van der Waals surface area contributed by atoms with Gasteiger partial charge >= 0.3 is 7.60 Å². The van der Waals surface area contributed by atoms with E-state index in [9.17, 15) is 15.0 Å². The lowest BCUT2D eigenvalue weighted by atomic mass is 10.3. The first-order valence-corrected chi connectivity index (χ1v) is 8.20. The van der Waals surface area contributed by atoms with Crippen molar-refractivity contribution in [3.8, 4) is 0 Å². The summed E-state index contributed by atoms with van der Waals surface area (Å²) in [6, 6.07) is 2.97. The molecule has 21 heavy (non-hydrogen) atoms. The van der Waals surface area contributed by atoms with E-state index in [2.05, 4.69) is 0 Å². The highest BCUT2D eigenvalue weighted by Gasteiger charge is 2.51. The normalized spacial score (nSPS) is 13.4. The summed E-state index contributed by atoms with van der Waals surface area (Å²) < 4.78 is 24.4. The van der Waals surface area contributed by atoms with Gasteiger partial charge in [0, 0.05) is 26.0 Å². The Morgan fingerprint density at radius 1 is 1.29 bits per heavy atom. The van der Waals surface area contributed by atoms with E-state index in [1.54, 1.807) is 13.8 Å².